The van der Waals surface area contributed by atoms with E-state index in [0.717, 1.165) is 30.2 Å². The third-order valence-electron chi connectivity index (χ3n) is 4.34. The third kappa shape index (κ3) is 2.82. The summed E-state index contributed by atoms with van der Waals surface area (Å²) in [5.74, 6) is 1.08. The number of benzene rings is 2. The van der Waals surface area contributed by atoms with Crippen LogP contribution in [0, 0.1) is 3.57 Å². The average molecular weight is 450 g/mol. The second-order valence-corrected chi connectivity index (χ2v) is 7.47. The van der Waals surface area contributed by atoms with Crippen molar-refractivity contribution in [3.05, 3.63) is 62.7 Å². The van der Waals surface area contributed by atoms with Crippen molar-refractivity contribution < 1.29 is 0 Å². The number of para-hydroxylation sites is 1. The zero-order valence-corrected chi connectivity index (χ0v) is 16.0. The maximum Gasteiger partial charge on any atom is 0.133 e. The number of halogens is 2. The Labute approximate surface area is 160 Å². The van der Waals surface area contributed by atoms with Gasteiger partial charge in [0.2, 0.25) is 0 Å². The summed E-state index contributed by atoms with van der Waals surface area (Å²) in [6.07, 6.45) is 3.38. The van der Waals surface area contributed by atoms with Gasteiger partial charge in [-0.2, -0.15) is 5.10 Å². The van der Waals surface area contributed by atoms with E-state index < -0.39 is 0 Å². The molecule has 0 amide bonds. The zero-order valence-electron chi connectivity index (χ0n) is 13.1. The zero-order chi connectivity index (χ0) is 16.5. The van der Waals surface area contributed by atoms with Crippen molar-refractivity contribution in [2.75, 3.05) is 11.9 Å². The molecule has 122 valence electrons. The first-order chi connectivity index (χ1) is 11.8. The topological polar surface area (TPSA) is 29.9 Å². The van der Waals surface area contributed by atoms with Gasteiger partial charge in [0.05, 0.1) is 16.4 Å². The van der Waals surface area contributed by atoms with Crippen LogP contribution in [0.5, 0.6) is 0 Å². The Balaban J connectivity index is 1.96. The number of anilines is 1. The normalized spacial score (nSPS) is 13.9. The summed E-state index contributed by atoms with van der Waals surface area (Å²) in [6, 6.07) is 16.3. The van der Waals surface area contributed by atoms with E-state index in [2.05, 4.69) is 52.2 Å². The highest BCUT2D eigenvalue weighted by molar-refractivity contribution is 14.1. The molecule has 0 spiro atoms. The standard InChI is InChI=1S/C19H17ClIN3/c20-15-9-2-4-11-17(15)24-19-14(8-5-6-12-22-19)18(23-24)13-7-1-3-10-16(13)21/h1-4,7,9-11,22H,5-6,8,12H2. The van der Waals surface area contributed by atoms with Crippen molar-refractivity contribution in [3.8, 4) is 16.9 Å². The predicted octanol–water partition coefficient (Wildman–Crippen LogP) is 5.55. The van der Waals surface area contributed by atoms with Gasteiger partial charge in [0.1, 0.15) is 5.82 Å². The molecule has 0 saturated heterocycles. The molecular formula is C19H17ClIN3. The van der Waals surface area contributed by atoms with Crippen LogP contribution in [0.25, 0.3) is 16.9 Å². The maximum absolute atomic E-state index is 6.44. The average Bonchev–Trinajstić information content (AvgIpc) is 2.78. The quantitative estimate of drug-likeness (QED) is 0.520. The third-order valence-corrected chi connectivity index (χ3v) is 5.60. The molecule has 0 fully saturated rings. The molecule has 1 N–H and O–H groups in total. The van der Waals surface area contributed by atoms with Gasteiger partial charge in [0.15, 0.2) is 0 Å². The van der Waals surface area contributed by atoms with Crippen LogP contribution in [0.3, 0.4) is 0 Å². The summed E-state index contributed by atoms with van der Waals surface area (Å²) in [4.78, 5) is 0. The molecule has 5 heteroatoms. The molecule has 0 radical (unpaired) electrons. The van der Waals surface area contributed by atoms with E-state index in [1.54, 1.807) is 0 Å². The minimum Gasteiger partial charge on any atom is -0.370 e. The fourth-order valence-corrected chi connectivity index (χ4v) is 4.03. The monoisotopic (exact) mass is 449 g/mol. The Morgan fingerprint density at radius 2 is 1.83 bits per heavy atom. The van der Waals surface area contributed by atoms with E-state index in [1.807, 2.05) is 28.9 Å². The highest BCUT2D eigenvalue weighted by Crippen LogP contribution is 2.36. The van der Waals surface area contributed by atoms with Gasteiger partial charge in [0, 0.05) is 21.2 Å². The molecule has 24 heavy (non-hydrogen) atoms. The number of rotatable bonds is 2. The van der Waals surface area contributed by atoms with Crippen LogP contribution in [0.15, 0.2) is 48.5 Å². The van der Waals surface area contributed by atoms with Crippen molar-refractivity contribution in [2.24, 2.45) is 0 Å². The molecule has 1 aliphatic rings. The van der Waals surface area contributed by atoms with Crippen molar-refractivity contribution in [2.45, 2.75) is 19.3 Å². The van der Waals surface area contributed by atoms with Crippen LogP contribution in [-0.2, 0) is 6.42 Å². The van der Waals surface area contributed by atoms with Gasteiger partial charge in [-0.15, -0.1) is 0 Å². The smallest absolute Gasteiger partial charge is 0.133 e. The second kappa shape index (κ2) is 6.76. The van der Waals surface area contributed by atoms with Crippen LogP contribution in [0.1, 0.15) is 18.4 Å². The molecule has 4 rings (SSSR count). The lowest BCUT2D eigenvalue weighted by Crippen LogP contribution is -2.07. The Morgan fingerprint density at radius 3 is 2.67 bits per heavy atom. The van der Waals surface area contributed by atoms with Gasteiger partial charge >= 0.3 is 0 Å². The highest BCUT2D eigenvalue weighted by Gasteiger charge is 2.23. The van der Waals surface area contributed by atoms with E-state index >= 15 is 0 Å². The van der Waals surface area contributed by atoms with Crippen LogP contribution in [0.2, 0.25) is 5.02 Å². The van der Waals surface area contributed by atoms with E-state index in [4.69, 9.17) is 16.7 Å². The summed E-state index contributed by atoms with van der Waals surface area (Å²) in [5, 5.41) is 9.24. The number of aromatic nitrogens is 2. The van der Waals surface area contributed by atoms with Crippen molar-refractivity contribution in [3.63, 3.8) is 0 Å². The first-order valence-corrected chi connectivity index (χ1v) is 9.57. The molecule has 1 aliphatic heterocycles. The lowest BCUT2D eigenvalue weighted by molar-refractivity contribution is 0.780. The van der Waals surface area contributed by atoms with Gasteiger partial charge in [-0.25, -0.2) is 4.68 Å². The van der Waals surface area contributed by atoms with Gasteiger partial charge in [-0.1, -0.05) is 41.9 Å². The molecule has 1 aromatic heterocycles. The molecule has 2 heterocycles. The Bertz CT molecular complexity index is 818. The van der Waals surface area contributed by atoms with Gasteiger partial charge < -0.3 is 5.32 Å². The molecule has 0 atom stereocenters. The summed E-state index contributed by atoms with van der Waals surface area (Å²) < 4.78 is 3.19. The van der Waals surface area contributed by atoms with Gasteiger partial charge in [-0.3, -0.25) is 0 Å². The maximum atomic E-state index is 6.44. The summed E-state index contributed by atoms with van der Waals surface area (Å²) in [7, 11) is 0. The molecular weight excluding hydrogens is 433 g/mol. The Kier molecular flexibility index (Phi) is 4.50. The summed E-state index contributed by atoms with van der Waals surface area (Å²) in [6.45, 7) is 0.967. The summed E-state index contributed by atoms with van der Waals surface area (Å²) in [5.41, 5.74) is 4.45. The molecule has 0 unspecified atom stereocenters. The molecule has 3 aromatic rings. The minimum absolute atomic E-state index is 0.711. The van der Waals surface area contributed by atoms with E-state index in [-0.39, 0.29) is 0 Å². The molecule has 0 bridgehead atoms. The first kappa shape index (κ1) is 16.0. The minimum atomic E-state index is 0.711. The number of hydrogen-bond acceptors (Lipinski definition) is 2. The molecule has 0 aliphatic carbocycles. The van der Waals surface area contributed by atoms with Crippen LogP contribution in [-0.4, -0.2) is 16.3 Å². The SMILES string of the molecule is Clc1ccccc1-n1nc(-c2ccccc2I)c2c1NCCCC2. The second-order valence-electron chi connectivity index (χ2n) is 5.90. The van der Waals surface area contributed by atoms with Crippen molar-refractivity contribution in [1.29, 1.82) is 0 Å². The summed E-state index contributed by atoms with van der Waals surface area (Å²) >= 11 is 8.82. The lowest BCUT2D eigenvalue weighted by atomic mass is 10.0. The van der Waals surface area contributed by atoms with Gasteiger partial charge in [0.25, 0.3) is 0 Å². The van der Waals surface area contributed by atoms with Crippen LogP contribution in [0.4, 0.5) is 5.82 Å². The molecule has 2 aromatic carbocycles. The van der Waals surface area contributed by atoms with E-state index in [1.165, 1.54) is 27.5 Å². The van der Waals surface area contributed by atoms with E-state index in [9.17, 15) is 0 Å². The number of nitrogens with one attached hydrogen (secondary N) is 1. The van der Waals surface area contributed by atoms with Crippen LogP contribution >= 0.6 is 34.2 Å². The Morgan fingerprint density at radius 1 is 1.04 bits per heavy atom. The number of fused-ring (bicyclic) bond motifs is 1. The number of nitrogens with zero attached hydrogens (tertiary/aromatic N) is 2. The Hall–Kier alpha value is -1.53. The molecule has 0 saturated carbocycles. The highest BCUT2D eigenvalue weighted by atomic mass is 127. The predicted molar refractivity (Wildman–Crippen MR) is 108 cm³/mol. The fraction of sp³-hybridized carbons (Fsp3) is 0.211. The van der Waals surface area contributed by atoms with Crippen molar-refractivity contribution in [1.82, 2.24) is 9.78 Å². The van der Waals surface area contributed by atoms with E-state index in [0.29, 0.717) is 5.02 Å². The first-order valence-electron chi connectivity index (χ1n) is 8.11. The fourth-order valence-electron chi connectivity index (χ4n) is 3.17. The largest absolute Gasteiger partial charge is 0.370 e. The van der Waals surface area contributed by atoms with Crippen LogP contribution < -0.4 is 5.32 Å². The van der Waals surface area contributed by atoms with Gasteiger partial charge in [-0.05, 0) is 60.1 Å². The number of hydrogen-bond donors (Lipinski definition) is 1. The van der Waals surface area contributed by atoms with Crippen molar-refractivity contribution >= 4 is 40.0 Å². The molecule has 3 nitrogen and oxygen atoms in total. The lowest BCUT2D eigenvalue weighted by Gasteiger charge is -2.10.